The molecule has 0 aromatic heterocycles. The number of hydrogen-bond donors (Lipinski definition) is 1. The van der Waals surface area contributed by atoms with E-state index in [0.29, 0.717) is 23.5 Å². The number of rotatable bonds is 4. The zero-order valence-electron chi connectivity index (χ0n) is 11.2. The highest BCUT2D eigenvalue weighted by atomic mass is 19.1. The van der Waals surface area contributed by atoms with Gasteiger partial charge in [0.1, 0.15) is 18.2 Å². The van der Waals surface area contributed by atoms with Crippen LogP contribution in [0.5, 0.6) is 5.75 Å². The Morgan fingerprint density at radius 2 is 1.89 bits per heavy atom. The SMILES string of the molecule is Cc1cc(OCc2ccccc2)c(C(C)N)cc1F. The molecular formula is C16H18FNO. The minimum atomic E-state index is -0.263. The maximum absolute atomic E-state index is 13.6. The molecule has 0 spiro atoms. The molecule has 0 heterocycles. The van der Waals surface area contributed by atoms with Gasteiger partial charge in [-0.1, -0.05) is 30.3 Å². The molecule has 0 aliphatic heterocycles. The van der Waals surface area contributed by atoms with E-state index in [1.807, 2.05) is 37.3 Å². The largest absolute Gasteiger partial charge is 0.489 e. The van der Waals surface area contributed by atoms with Crippen molar-refractivity contribution in [2.75, 3.05) is 0 Å². The van der Waals surface area contributed by atoms with Crippen LogP contribution in [0.1, 0.15) is 29.7 Å². The van der Waals surface area contributed by atoms with Crippen molar-refractivity contribution >= 4 is 0 Å². The van der Waals surface area contributed by atoms with E-state index in [9.17, 15) is 4.39 Å². The van der Waals surface area contributed by atoms with Gasteiger partial charge in [-0.3, -0.25) is 0 Å². The van der Waals surface area contributed by atoms with Crippen LogP contribution in [0, 0.1) is 12.7 Å². The highest BCUT2D eigenvalue weighted by Gasteiger charge is 2.12. The van der Waals surface area contributed by atoms with Gasteiger partial charge in [-0.05, 0) is 37.1 Å². The van der Waals surface area contributed by atoms with Crippen LogP contribution in [0.3, 0.4) is 0 Å². The molecular weight excluding hydrogens is 241 g/mol. The van der Waals surface area contributed by atoms with Crippen LogP contribution in [0.25, 0.3) is 0 Å². The highest BCUT2D eigenvalue weighted by molar-refractivity contribution is 5.40. The van der Waals surface area contributed by atoms with Crippen molar-refractivity contribution in [2.24, 2.45) is 5.73 Å². The predicted octanol–water partition coefficient (Wildman–Crippen LogP) is 3.73. The van der Waals surface area contributed by atoms with Gasteiger partial charge >= 0.3 is 0 Å². The maximum Gasteiger partial charge on any atom is 0.126 e. The Kier molecular flexibility index (Phi) is 4.17. The minimum Gasteiger partial charge on any atom is -0.489 e. The van der Waals surface area contributed by atoms with Gasteiger partial charge < -0.3 is 10.5 Å². The third kappa shape index (κ3) is 3.32. The van der Waals surface area contributed by atoms with Crippen molar-refractivity contribution < 1.29 is 9.13 Å². The molecule has 1 unspecified atom stereocenters. The van der Waals surface area contributed by atoms with E-state index in [1.54, 1.807) is 13.0 Å². The number of halogens is 1. The van der Waals surface area contributed by atoms with Crippen LogP contribution in [-0.2, 0) is 6.61 Å². The van der Waals surface area contributed by atoms with Gasteiger partial charge in [0.25, 0.3) is 0 Å². The fourth-order valence-corrected chi connectivity index (χ4v) is 1.89. The molecule has 0 radical (unpaired) electrons. The molecule has 0 saturated heterocycles. The highest BCUT2D eigenvalue weighted by Crippen LogP contribution is 2.27. The fourth-order valence-electron chi connectivity index (χ4n) is 1.89. The van der Waals surface area contributed by atoms with Crippen LogP contribution in [-0.4, -0.2) is 0 Å². The molecule has 2 aromatic rings. The molecule has 0 saturated carbocycles. The molecule has 3 heteroatoms. The van der Waals surface area contributed by atoms with Crippen LogP contribution in [0.15, 0.2) is 42.5 Å². The smallest absolute Gasteiger partial charge is 0.126 e. The van der Waals surface area contributed by atoms with Crippen molar-refractivity contribution in [3.63, 3.8) is 0 Å². The van der Waals surface area contributed by atoms with Gasteiger partial charge in [0, 0.05) is 11.6 Å². The molecule has 100 valence electrons. The second-order valence-corrected chi connectivity index (χ2v) is 4.70. The number of hydrogen-bond acceptors (Lipinski definition) is 2. The molecule has 2 N–H and O–H groups in total. The third-order valence-corrected chi connectivity index (χ3v) is 3.02. The van der Waals surface area contributed by atoms with Crippen LogP contribution >= 0.6 is 0 Å². The molecule has 0 aliphatic carbocycles. The quantitative estimate of drug-likeness (QED) is 0.908. The summed E-state index contributed by atoms with van der Waals surface area (Å²) in [5.41, 5.74) is 8.18. The molecule has 1 atom stereocenters. The van der Waals surface area contributed by atoms with E-state index in [1.165, 1.54) is 6.07 Å². The lowest BCUT2D eigenvalue weighted by molar-refractivity contribution is 0.300. The summed E-state index contributed by atoms with van der Waals surface area (Å²) in [6, 6.07) is 12.8. The summed E-state index contributed by atoms with van der Waals surface area (Å²) in [6.07, 6.45) is 0. The number of aryl methyl sites for hydroxylation is 1. The zero-order valence-corrected chi connectivity index (χ0v) is 11.2. The summed E-state index contributed by atoms with van der Waals surface area (Å²) >= 11 is 0. The first-order chi connectivity index (χ1) is 9.08. The molecule has 2 aromatic carbocycles. The summed E-state index contributed by atoms with van der Waals surface area (Å²) < 4.78 is 19.3. The Balaban J connectivity index is 2.22. The number of ether oxygens (including phenoxy) is 1. The van der Waals surface area contributed by atoms with Crippen molar-refractivity contribution in [2.45, 2.75) is 26.5 Å². The van der Waals surface area contributed by atoms with Crippen molar-refractivity contribution in [3.05, 3.63) is 65.0 Å². The lowest BCUT2D eigenvalue weighted by atomic mass is 10.1. The van der Waals surface area contributed by atoms with E-state index in [4.69, 9.17) is 10.5 Å². The lowest BCUT2D eigenvalue weighted by Gasteiger charge is -2.15. The van der Waals surface area contributed by atoms with Gasteiger partial charge in [0.2, 0.25) is 0 Å². The third-order valence-electron chi connectivity index (χ3n) is 3.02. The molecule has 2 nitrogen and oxygen atoms in total. The molecule has 2 rings (SSSR count). The van der Waals surface area contributed by atoms with E-state index in [2.05, 4.69) is 0 Å². The summed E-state index contributed by atoms with van der Waals surface area (Å²) in [7, 11) is 0. The summed E-state index contributed by atoms with van der Waals surface area (Å²) in [6.45, 7) is 3.99. The topological polar surface area (TPSA) is 35.2 Å². The summed E-state index contributed by atoms with van der Waals surface area (Å²) in [5.74, 6) is 0.400. The maximum atomic E-state index is 13.6. The summed E-state index contributed by atoms with van der Waals surface area (Å²) in [4.78, 5) is 0. The second-order valence-electron chi connectivity index (χ2n) is 4.70. The average Bonchev–Trinajstić information content (AvgIpc) is 2.40. The first-order valence-electron chi connectivity index (χ1n) is 6.30. The fraction of sp³-hybridized carbons (Fsp3) is 0.250. The first kappa shape index (κ1) is 13.6. The normalized spacial score (nSPS) is 12.2. The molecule has 0 aliphatic rings. The molecule has 19 heavy (non-hydrogen) atoms. The van der Waals surface area contributed by atoms with Crippen molar-refractivity contribution in [1.29, 1.82) is 0 Å². The minimum absolute atomic E-state index is 0.251. The molecule has 0 amide bonds. The standard InChI is InChI=1S/C16H18FNO/c1-11-8-16(14(12(2)18)9-15(11)17)19-10-13-6-4-3-5-7-13/h3-9,12H,10,18H2,1-2H3. The Morgan fingerprint density at radius 1 is 1.21 bits per heavy atom. The van der Waals surface area contributed by atoms with Crippen molar-refractivity contribution in [1.82, 2.24) is 0 Å². The molecule has 0 bridgehead atoms. The van der Waals surface area contributed by atoms with E-state index >= 15 is 0 Å². The summed E-state index contributed by atoms with van der Waals surface area (Å²) in [5, 5.41) is 0. The van der Waals surface area contributed by atoms with Gasteiger partial charge in [-0.25, -0.2) is 4.39 Å². The van der Waals surface area contributed by atoms with E-state index < -0.39 is 0 Å². The van der Waals surface area contributed by atoms with Gasteiger partial charge in [0.05, 0.1) is 0 Å². The Labute approximate surface area is 113 Å². The van der Waals surface area contributed by atoms with E-state index in [-0.39, 0.29) is 11.9 Å². The van der Waals surface area contributed by atoms with E-state index in [0.717, 1.165) is 5.56 Å². The van der Waals surface area contributed by atoms with Gasteiger partial charge in [-0.15, -0.1) is 0 Å². The molecule has 0 fully saturated rings. The predicted molar refractivity (Wildman–Crippen MR) is 74.5 cm³/mol. The Morgan fingerprint density at radius 3 is 2.53 bits per heavy atom. The Bertz CT molecular complexity index is 552. The second kappa shape index (κ2) is 5.85. The van der Waals surface area contributed by atoms with Crippen molar-refractivity contribution in [3.8, 4) is 5.75 Å². The van der Waals surface area contributed by atoms with Crippen LogP contribution in [0.4, 0.5) is 4.39 Å². The van der Waals surface area contributed by atoms with Gasteiger partial charge in [0.15, 0.2) is 0 Å². The first-order valence-corrected chi connectivity index (χ1v) is 6.30. The number of nitrogens with two attached hydrogens (primary N) is 1. The zero-order chi connectivity index (χ0) is 13.8. The Hall–Kier alpha value is -1.87. The monoisotopic (exact) mass is 259 g/mol. The average molecular weight is 259 g/mol. The van der Waals surface area contributed by atoms with Gasteiger partial charge in [-0.2, -0.15) is 0 Å². The van der Waals surface area contributed by atoms with Crippen LogP contribution < -0.4 is 10.5 Å². The number of benzene rings is 2. The van der Waals surface area contributed by atoms with Crippen LogP contribution in [0.2, 0.25) is 0 Å². The lowest BCUT2D eigenvalue weighted by Crippen LogP contribution is -2.09.